The number of carbonyl (C=O) groups is 1. The van der Waals surface area contributed by atoms with Crippen LogP contribution in [0, 0.1) is 6.92 Å². The van der Waals surface area contributed by atoms with Crippen LogP contribution in [0.5, 0.6) is 0 Å². The molecule has 0 bridgehead atoms. The average Bonchev–Trinajstić information content (AvgIpc) is 2.62. The Labute approximate surface area is 143 Å². The lowest BCUT2D eigenvalue weighted by molar-refractivity contribution is 0.0922. The van der Waals surface area contributed by atoms with Gasteiger partial charge in [0.15, 0.2) is 0 Å². The molecule has 1 aromatic heterocycles. The first kappa shape index (κ1) is 16.5. The van der Waals surface area contributed by atoms with Crippen molar-refractivity contribution in [3.63, 3.8) is 0 Å². The first-order valence-corrected chi connectivity index (χ1v) is 8.77. The molecule has 0 radical (unpaired) electrons. The Morgan fingerprint density at radius 3 is 2.50 bits per heavy atom. The van der Waals surface area contributed by atoms with Gasteiger partial charge in [0.25, 0.3) is 5.91 Å². The van der Waals surface area contributed by atoms with E-state index in [-0.39, 0.29) is 5.91 Å². The molecule has 0 unspecified atom stereocenters. The molecule has 0 atom stereocenters. The molecule has 1 aliphatic carbocycles. The lowest BCUT2D eigenvalue weighted by Crippen LogP contribution is -2.36. The van der Waals surface area contributed by atoms with Crippen LogP contribution in [0.1, 0.15) is 53.7 Å². The number of pyridine rings is 1. The zero-order valence-electron chi connectivity index (χ0n) is 14.2. The Bertz CT molecular complexity index is 658. The van der Waals surface area contributed by atoms with E-state index in [9.17, 15) is 4.79 Å². The zero-order valence-corrected chi connectivity index (χ0v) is 14.2. The summed E-state index contributed by atoms with van der Waals surface area (Å²) < 4.78 is 0. The smallest absolute Gasteiger partial charge is 0.270 e. The maximum Gasteiger partial charge on any atom is 0.270 e. The Kier molecular flexibility index (Phi) is 5.47. The molecule has 1 amide bonds. The molecular weight excluding hydrogens is 298 g/mol. The summed E-state index contributed by atoms with van der Waals surface area (Å²) in [5, 5.41) is 6.43. The van der Waals surface area contributed by atoms with E-state index >= 15 is 0 Å². The Morgan fingerprint density at radius 1 is 1.08 bits per heavy atom. The van der Waals surface area contributed by atoms with E-state index in [4.69, 9.17) is 0 Å². The van der Waals surface area contributed by atoms with Crippen molar-refractivity contribution >= 4 is 11.6 Å². The van der Waals surface area contributed by atoms with Crippen molar-refractivity contribution in [2.24, 2.45) is 0 Å². The molecule has 1 aliphatic rings. The molecular formula is C20H25N3O. The molecule has 3 rings (SSSR count). The van der Waals surface area contributed by atoms with Crippen LogP contribution < -0.4 is 10.6 Å². The molecule has 24 heavy (non-hydrogen) atoms. The van der Waals surface area contributed by atoms with Gasteiger partial charge in [0.2, 0.25) is 0 Å². The van der Waals surface area contributed by atoms with Gasteiger partial charge in [-0.25, -0.2) is 4.98 Å². The molecule has 2 N–H and O–H groups in total. The number of nitrogens with zero attached hydrogens (tertiary/aromatic N) is 1. The van der Waals surface area contributed by atoms with Gasteiger partial charge < -0.3 is 10.6 Å². The highest BCUT2D eigenvalue weighted by Crippen LogP contribution is 2.18. The summed E-state index contributed by atoms with van der Waals surface area (Å²) in [6, 6.07) is 12.4. The number of carbonyl (C=O) groups excluding carboxylic acids is 1. The summed E-state index contributed by atoms with van der Waals surface area (Å²) in [6.07, 6.45) is 7.60. The van der Waals surface area contributed by atoms with Gasteiger partial charge in [-0.2, -0.15) is 0 Å². The van der Waals surface area contributed by atoms with Crippen molar-refractivity contribution in [3.05, 3.63) is 59.4 Å². The third-order valence-electron chi connectivity index (χ3n) is 4.55. The zero-order chi connectivity index (χ0) is 16.8. The Hall–Kier alpha value is -2.36. The Morgan fingerprint density at radius 2 is 1.83 bits per heavy atom. The van der Waals surface area contributed by atoms with Gasteiger partial charge in [0.1, 0.15) is 5.69 Å². The minimum atomic E-state index is -0.0630. The summed E-state index contributed by atoms with van der Waals surface area (Å²) in [7, 11) is 0. The Balaban J connectivity index is 1.52. The van der Waals surface area contributed by atoms with Gasteiger partial charge >= 0.3 is 0 Å². The fraction of sp³-hybridized carbons (Fsp3) is 0.400. The molecule has 4 heteroatoms. The fourth-order valence-corrected chi connectivity index (χ4v) is 3.05. The molecule has 0 spiro atoms. The number of anilines is 1. The van der Waals surface area contributed by atoms with Crippen LogP contribution in [-0.4, -0.2) is 16.9 Å². The molecule has 126 valence electrons. The topological polar surface area (TPSA) is 54.0 Å². The monoisotopic (exact) mass is 323 g/mol. The predicted octanol–water partition coefficient (Wildman–Crippen LogP) is 4.06. The van der Waals surface area contributed by atoms with Crippen molar-refractivity contribution in [2.45, 2.75) is 51.6 Å². The van der Waals surface area contributed by atoms with Gasteiger partial charge in [-0.3, -0.25) is 4.79 Å². The van der Waals surface area contributed by atoms with Crippen LogP contribution in [0.2, 0.25) is 0 Å². The quantitative estimate of drug-likeness (QED) is 0.872. The van der Waals surface area contributed by atoms with Crippen molar-refractivity contribution < 1.29 is 4.79 Å². The predicted molar refractivity (Wildman–Crippen MR) is 97.1 cm³/mol. The van der Waals surface area contributed by atoms with Crippen LogP contribution in [0.15, 0.2) is 42.6 Å². The molecule has 1 aromatic carbocycles. The average molecular weight is 323 g/mol. The number of aryl methyl sites for hydroxylation is 1. The van der Waals surface area contributed by atoms with E-state index < -0.39 is 0 Å². The molecule has 0 saturated heterocycles. The number of hydrogen-bond donors (Lipinski definition) is 2. The molecule has 2 aromatic rings. The number of rotatable bonds is 5. The standard InChI is InChI=1S/C20H25N3O/c1-15-7-9-16(10-8-15)13-21-18-11-12-19(22-14-18)20(24)23-17-5-3-2-4-6-17/h7-12,14,17,21H,2-6,13H2,1H3,(H,23,24). The normalized spacial score (nSPS) is 15.0. The highest BCUT2D eigenvalue weighted by molar-refractivity contribution is 5.92. The van der Waals surface area contributed by atoms with Crippen molar-refractivity contribution in [1.82, 2.24) is 10.3 Å². The van der Waals surface area contributed by atoms with Crippen LogP contribution in [0.4, 0.5) is 5.69 Å². The van der Waals surface area contributed by atoms with Crippen molar-refractivity contribution in [3.8, 4) is 0 Å². The first-order chi connectivity index (χ1) is 11.7. The highest BCUT2D eigenvalue weighted by atomic mass is 16.1. The third kappa shape index (κ3) is 4.57. The van der Waals surface area contributed by atoms with Gasteiger partial charge in [-0.15, -0.1) is 0 Å². The van der Waals surface area contributed by atoms with Crippen LogP contribution in [-0.2, 0) is 6.54 Å². The van der Waals surface area contributed by atoms with Crippen LogP contribution in [0.25, 0.3) is 0 Å². The van der Waals surface area contributed by atoms with Gasteiger partial charge in [-0.1, -0.05) is 49.1 Å². The van der Waals surface area contributed by atoms with Crippen molar-refractivity contribution in [1.29, 1.82) is 0 Å². The van der Waals surface area contributed by atoms with Gasteiger partial charge in [0, 0.05) is 12.6 Å². The number of benzene rings is 1. The number of aromatic nitrogens is 1. The summed E-state index contributed by atoms with van der Waals surface area (Å²) in [5.74, 6) is -0.0630. The summed E-state index contributed by atoms with van der Waals surface area (Å²) in [6.45, 7) is 2.83. The lowest BCUT2D eigenvalue weighted by Gasteiger charge is -2.22. The number of nitrogens with one attached hydrogen (secondary N) is 2. The van der Waals surface area contributed by atoms with Crippen LogP contribution >= 0.6 is 0 Å². The summed E-state index contributed by atoms with van der Waals surface area (Å²) >= 11 is 0. The second-order valence-corrected chi connectivity index (χ2v) is 6.58. The summed E-state index contributed by atoms with van der Waals surface area (Å²) in [5.41, 5.74) is 3.89. The van der Waals surface area contributed by atoms with Crippen molar-refractivity contribution in [2.75, 3.05) is 5.32 Å². The fourth-order valence-electron chi connectivity index (χ4n) is 3.05. The number of amides is 1. The van der Waals surface area contributed by atoms with Crippen LogP contribution in [0.3, 0.4) is 0 Å². The van der Waals surface area contributed by atoms with E-state index in [1.165, 1.54) is 30.4 Å². The highest BCUT2D eigenvalue weighted by Gasteiger charge is 2.17. The maximum absolute atomic E-state index is 12.2. The lowest BCUT2D eigenvalue weighted by atomic mass is 9.95. The van der Waals surface area contributed by atoms with E-state index in [0.29, 0.717) is 11.7 Å². The second kappa shape index (κ2) is 7.95. The number of hydrogen-bond acceptors (Lipinski definition) is 3. The SMILES string of the molecule is Cc1ccc(CNc2ccc(C(=O)NC3CCCCC3)nc2)cc1. The maximum atomic E-state index is 12.2. The molecule has 1 fully saturated rings. The van der Waals surface area contributed by atoms with E-state index in [2.05, 4.69) is 46.8 Å². The van der Waals surface area contributed by atoms with E-state index in [1.807, 2.05) is 6.07 Å². The van der Waals surface area contributed by atoms with Gasteiger partial charge in [0.05, 0.1) is 11.9 Å². The molecule has 1 saturated carbocycles. The minimum Gasteiger partial charge on any atom is -0.380 e. The second-order valence-electron chi connectivity index (χ2n) is 6.58. The third-order valence-corrected chi connectivity index (χ3v) is 4.55. The summed E-state index contributed by atoms with van der Waals surface area (Å²) in [4.78, 5) is 16.5. The minimum absolute atomic E-state index is 0.0630. The molecule has 1 heterocycles. The first-order valence-electron chi connectivity index (χ1n) is 8.77. The van der Waals surface area contributed by atoms with E-state index in [1.54, 1.807) is 12.3 Å². The van der Waals surface area contributed by atoms with E-state index in [0.717, 1.165) is 25.1 Å². The van der Waals surface area contributed by atoms with Gasteiger partial charge in [-0.05, 0) is 37.5 Å². The molecule has 0 aliphatic heterocycles. The molecule has 4 nitrogen and oxygen atoms in total. The largest absolute Gasteiger partial charge is 0.380 e.